The molecule has 0 aliphatic heterocycles. The number of carbonyl (C=O) groups excluding carboxylic acids is 3. The number of carbonyl (C=O) groups is 3. The summed E-state index contributed by atoms with van der Waals surface area (Å²) in [6.07, 6.45) is 0. The molecule has 0 spiro atoms. The predicted octanol–water partition coefficient (Wildman–Crippen LogP) is 1.77. The molecule has 168 valence electrons. The van der Waals surface area contributed by atoms with Gasteiger partial charge in [0.05, 0.1) is 27.5 Å². The normalized spacial score (nSPS) is 10.1. The third-order valence-corrected chi connectivity index (χ3v) is 4.18. The lowest BCUT2D eigenvalue weighted by Crippen LogP contribution is -2.47. The summed E-state index contributed by atoms with van der Waals surface area (Å²) in [5, 5.41) is 24.6. The molecule has 0 saturated carbocycles. The summed E-state index contributed by atoms with van der Waals surface area (Å²) in [5.41, 5.74) is 1.94. The van der Waals surface area contributed by atoms with Crippen LogP contribution in [-0.2, 0) is 9.59 Å². The van der Waals surface area contributed by atoms with Crippen molar-refractivity contribution in [1.82, 2.24) is 16.2 Å². The van der Waals surface area contributed by atoms with Crippen molar-refractivity contribution in [2.24, 2.45) is 0 Å². The van der Waals surface area contributed by atoms with Crippen molar-refractivity contribution in [2.45, 2.75) is 0 Å². The number of nitrogens with zero attached hydrogens (tertiary/aromatic N) is 2. The Morgan fingerprint density at radius 2 is 1.66 bits per heavy atom. The SMILES string of the molecule is O=C(COc1ccc(Cl)cc1Cl)NCC(=O)NNC(=O)c1ccc([N+](=O)[O-])cc1[N+](=O)[O-]. The molecule has 2 aromatic rings. The lowest BCUT2D eigenvalue weighted by molar-refractivity contribution is -0.394. The summed E-state index contributed by atoms with van der Waals surface area (Å²) in [7, 11) is 0. The molecule has 0 aliphatic rings. The Hall–Kier alpha value is -3.97. The lowest BCUT2D eigenvalue weighted by atomic mass is 10.1. The third kappa shape index (κ3) is 6.78. The number of hydrazine groups is 1. The summed E-state index contributed by atoms with van der Waals surface area (Å²) in [6, 6.07) is 6.77. The van der Waals surface area contributed by atoms with E-state index in [1.165, 1.54) is 18.2 Å². The van der Waals surface area contributed by atoms with Gasteiger partial charge in [0.1, 0.15) is 11.3 Å². The highest BCUT2D eigenvalue weighted by Crippen LogP contribution is 2.27. The van der Waals surface area contributed by atoms with Gasteiger partial charge in [-0.25, -0.2) is 0 Å². The number of nitro groups is 2. The average Bonchev–Trinajstić information content (AvgIpc) is 2.74. The fraction of sp³-hybridized carbons (Fsp3) is 0.118. The molecule has 0 saturated heterocycles. The van der Waals surface area contributed by atoms with E-state index in [2.05, 4.69) is 5.32 Å². The maximum Gasteiger partial charge on any atom is 0.289 e. The minimum atomic E-state index is -1.09. The molecular formula is C17H13Cl2N5O8. The van der Waals surface area contributed by atoms with Crippen LogP contribution in [0.1, 0.15) is 10.4 Å². The Labute approximate surface area is 188 Å². The molecule has 0 bridgehead atoms. The summed E-state index contributed by atoms with van der Waals surface area (Å²) in [5.74, 6) is -2.43. The number of benzene rings is 2. The van der Waals surface area contributed by atoms with E-state index in [9.17, 15) is 34.6 Å². The highest BCUT2D eigenvalue weighted by atomic mass is 35.5. The molecule has 2 rings (SSSR count). The Balaban J connectivity index is 1.83. The van der Waals surface area contributed by atoms with Gasteiger partial charge >= 0.3 is 0 Å². The van der Waals surface area contributed by atoms with Crippen molar-refractivity contribution in [1.29, 1.82) is 0 Å². The second kappa shape index (κ2) is 10.9. The van der Waals surface area contributed by atoms with Crippen molar-refractivity contribution >= 4 is 52.3 Å². The van der Waals surface area contributed by atoms with Gasteiger partial charge in [-0.3, -0.25) is 45.5 Å². The third-order valence-electron chi connectivity index (χ3n) is 3.65. The van der Waals surface area contributed by atoms with E-state index >= 15 is 0 Å². The monoisotopic (exact) mass is 485 g/mol. The summed E-state index contributed by atoms with van der Waals surface area (Å²) in [6.45, 7) is -1.02. The van der Waals surface area contributed by atoms with Gasteiger partial charge in [-0.2, -0.15) is 0 Å². The second-order valence-corrected chi connectivity index (χ2v) is 6.70. The Kier molecular flexibility index (Phi) is 8.26. The van der Waals surface area contributed by atoms with Gasteiger partial charge in [0.15, 0.2) is 6.61 Å². The van der Waals surface area contributed by atoms with E-state index in [-0.39, 0.29) is 10.8 Å². The number of ether oxygens (including phenoxy) is 1. The zero-order valence-corrected chi connectivity index (χ0v) is 17.3. The second-order valence-electron chi connectivity index (χ2n) is 5.86. The molecule has 3 amide bonds. The van der Waals surface area contributed by atoms with E-state index in [0.29, 0.717) is 11.1 Å². The molecule has 0 fully saturated rings. The maximum absolute atomic E-state index is 12.1. The van der Waals surface area contributed by atoms with E-state index in [4.69, 9.17) is 27.9 Å². The molecule has 0 atom stereocenters. The fourth-order valence-electron chi connectivity index (χ4n) is 2.18. The van der Waals surface area contributed by atoms with Gasteiger partial charge in [0.2, 0.25) is 0 Å². The van der Waals surface area contributed by atoms with E-state index in [1.54, 1.807) is 0 Å². The summed E-state index contributed by atoms with van der Waals surface area (Å²) < 4.78 is 5.19. The number of rotatable bonds is 8. The molecule has 0 unspecified atom stereocenters. The van der Waals surface area contributed by atoms with Gasteiger partial charge < -0.3 is 10.1 Å². The summed E-state index contributed by atoms with van der Waals surface area (Å²) >= 11 is 11.6. The molecule has 0 heterocycles. The van der Waals surface area contributed by atoms with Crippen molar-refractivity contribution in [3.63, 3.8) is 0 Å². The Morgan fingerprint density at radius 1 is 0.938 bits per heavy atom. The Bertz CT molecular complexity index is 1090. The number of hydrogen-bond acceptors (Lipinski definition) is 8. The predicted molar refractivity (Wildman–Crippen MR) is 110 cm³/mol. The molecule has 2 aromatic carbocycles. The van der Waals surface area contributed by atoms with Crippen molar-refractivity contribution in [3.8, 4) is 5.75 Å². The lowest BCUT2D eigenvalue weighted by Gasteiger charge is -2.10. The highest BCUT2D eigenvalue weighted by molar-refractivity contribution is 6.35. The smallest absolute Gasteiger partial charge is 0.289 e. The van der Waals surface area contributed by atoms with Crippen LogP contribution in [0, 0.1) is 20.2 Å². The molecular weight excluding hydrogens is 473 g/mol. The van der Waals surface area contributed by atoms with Crippen LogP contribution >= 0.6 is 23.2 Å². The zero-order chi connectivity index (χ0) is 23.8. The number of amides is 3. The first-order valence-corrected chi connectivity index (χ1v) is 9.20. The fourth-order valence-corrected chi connectivity index (χ4v) is 2.64. The minimum absolute atomic E-state index is 0.186. The van der Waals surface area contributed by atoms with E-state index in [1.807, 2.05) is 10.9 Å². The van der Waals surface area contributed by atoms with Crippen LogP contribution in [0.3, 0.4) is 0 Å². The molecule has 0 radical (unpaired) electrons. The molecule has 15 heteroatoms. The maximum atomic E-state index is 12.1. The molecule has 3 N–H and O–H groups in total. The first-order valence-electron chi connectivity index (χ1n) is 8.45. The van der Waals surface area contributed by atoms with Crippen molar-refractivity contribution < 1.29 is 29.0 Å². The van der Waals surface area contributed by atoms with Crippen LogP contribution in [0.2, 0.25) is 10.0 Å². The number of nitro benzene ring substituents is 2. The van der Waals surface area contributed by atoms with E-state index < -0.39 is 57.7 Å². The van der Waals surface area contributed by atoms with Gasteiger partial charge in [-0.1, -0.05) is 23.2 Å². The quantitative estimate of drug-likeness (QED) is 0.372. The standard InChI is InChI=1S/C17H13Cl2N5O8/c18-9-1-4-14(12(19)5-9)32-8-16(26)20-7-15(25)21-22-17(27)11-3-2-10(23(28)29)6-13(11)24(30)31/h1-6H,7-8H2,(H,20,26)(H,21,25)(H,22,27). The van der Waals surface area contributed by atoms with Gasteiger partial charge in [0.25, 0.3) is 29.1 Å². The first-order chi connectivity index (χ1) is 15.1. The number of halogens is 2. The van der Waals surface area contributed by atoms with Crippen LogP contribution in [0.25, 0.3) is 0 Å². The highest BCUT2D eigenvalue weighted by Gasteiger charge is 2.24. The van der Waals surface area contributed by atoms with Crippen LogP contribution in [-0.4, -0.2) is 40.7 Å². The van der Waals surface area contributed by atoms with Crippen LogP contribution in [0.5, 0.6) is 5.75 Å². The molecule has 0 aromatic heterocycles. The topological polar surface area (TPSA) is 183 Å². The van der Waals surface area contributed by atoms with Gasteiger partial charge in [-0.05, 0) is 24.3 Å². The van der Waals surface area contributed by atoms with Crippen LogP contribution in [0.15, 0.2) is 36.4 Å². The number of non-ortho nitro benzene ring substituents is 1. The zero-order valence-electron chi connectivity index (χ0n) is 15.8. The van der Waals surface area contributed by atoms with Crippen molar-refractivity contribution in [2.75, 3.05) is 13.2 Å². The average molecular weight is 486 g/mol. The summed E-state index contributed by atoms with van der Waals surface area (Å²) in [4.78, 5) is 55.6. The molecule has 13 nitrogen and oxygen atoms in total. The molecule has 0 aliphatic carbocycles. The van der Waals surface area contributed by atoms with Gasteiger partial charge in [0, 0.05) is 11.1 Å². The number of hydrogen-bond donors (Lipinski definition) is 3. The first kappa shape index (κ1) is 24.3. The largest absolute Gasteiger partial charge is 0.482 e. The van der Waals surface area contributed by atoms with Crippen molar-refractivity contribution in [3.05, 3.63) is 72.2 Å². The van der Waals surface area contributed by atoms with Crippen LogP contribution < -0.4 is 20.9 Å². The number of nitrogens with one attached hydrogen (secondary N) is 3. The van der Waals surface area contributed by atoms with E-state index in [0.717, 1.165) is 12.1 Å². The molecule has 32 heavy (non-hydrogen) atoms. The minimum Gasteiger partial charge on any atom is -0.482 e. The Morgan fingerprint density at radius 3 is 2.28 bits per heavy atom. The van der Waals surface area contributed by atoms with Crippen LogP contribution in [0.4, 0.5) is 11.4 Å². The van der Waals surface area contributed by atoms with Gasteiger partial charge in [-0.15, -0.1) is 0 Å².